The Morgan fingerprint density at radius 2 is 2.00 bits per heavy atom. The van der Waals surface area contributed by atoms with Crippen molar-refractivity contribution in [3.05, 3.63) is 0 Å². The summed E-state index contributed by atoms with van der Waals surface area (Å²) in [6.45, 7) is 8.24. The third kappa shape index (κ3) is 5.30. The first-order valence-corrected chi connectivity index (χ1v) is 8.86. The second kappa shape index (κ2) is 7.93. The van der Waals surface area contributed by atoms with E-state index in [4.69, 9.17) is 9.47 Å². The van der Waals surface area contributed by atoms with Gasteiger partial charge in [0.25, 0.3) is 0 Å². The maximum atomic E-state index is 9.92. The summed E-state index contributed by atoms with van der Waals surface area (Å²) in [5, 5.41) is 9.92. The van der Waals surface area contributed by atoms with Crippen molar-refractivity contribution in [1.82, 2.24) is 0 Å². The Labute approximate surface area is 120 Å². The van der Waals surface area contributed by atoms with Gasteiger partial charge >= 0.3 is 0 Å². The van der Waals surface area contributed by atoms with Crippen LogP contribution in [0.2, 0.25) is 0 Å². The monoisotopic (exact) mass is 290 g/mol. The molecule has 19 heavy (non-hydrogen) atoms. The molecular weight excluding hydrogens is 259 g/mol. The highest BCUT2D eigenvalue weighted by Gasteiger charge is 2.37. The highest BCUT2D eigenvalue weighted by molar-refractivity contribution is 7.39. The Kier molecular flexibility index (Phi) is 7.24. The van der Waals surface area contributed by atoms with Crippen molar-refractivity contribution in [1.29, 1.82) is 0 Å². The molecule has 0 aromatic carbocycles. The van der Waals surface area contributed by atoms with Crippen LogP contribution in [0.25, 0.3) is 0 Å². The van der Waals surface area contributed by atoms with E-state index < -0.39 is 5.79 Å². The van der Waals surface area contributed by atoms with Crippen molar-refractivity contribution in [3.8, 4) is 0 Å². The molecule has 1 aliphatic heterocycles. The van der Waals surface area contributed by atoms with Crippen LogP contribution < -0.4 is 0 Å². The molecule has 114 valence electrons. The summed E-state index contributed by atoms with van der Waals surface area (Å²) >= 11 is 0. The van der Waals surface area contributed by atoms with E-state index in [-0.39, 0.29) is 6.10 Å². The van der Waals surface area contributed by atoms with E-state index in [2.05, 4.69) is 13.8 Å². The summed E-state index contributed by atoms with van der Waals surface area (Å²) in [5.74, 6) is 0.0767. The first-order chi connectivity index (χ1) is 8.93. The molecule has 0 aromatic rings. The molecule has 0 amide bonds. The molecule has 4 unspecified atom stereocenters. The van der Waals surface area contributed by atoms with Gasteiger partial charge in [0.05, 0.1) is 12.2 Å². The standard InChI is InChI=1S/C15H31O3P/c1-6-11(10-12(16)7-2)14-13(8-9-19-14)18-15(3,4)17-5/h11-14,16,19H,6-10H2,1-5H3/t11?,12-,13?,14?/m1/s1. The topological polar surface area (TPSA) is 38.7 Å². The molecule has 0 saturated carbocycles. The molecule has 0 spiro atoms. The van der Waals surface area contributed by atoms with Gasteiger partial charge in [-0.2, -0.15) is 0 Å². The lowest BCUT2D eigenvalue weighted by atomic mass is 9.90. The lowest BCUT2D eigenvalue weighted by Gasteiger charge is -2.34. The number of aliphatic hydroxyl groups excluding tert-OH is 1. The molecule has 0 aliphatic carbocycles. The van der Waals surface area contributed by atoms with Gasteiger partial charge in [-0.1, -0.05) is 20.3 Å². The van der Waals surface area contributed by atoms with E-state index in [0.29, 0.717) is 17.7 Å². The molecule has 1 saturated heterocycles. The molecule has 0 radical (unpaired) electrons. The molecule has 1 rings (SSSR count). The highest BCUT2D eigenvalue weighted by Crippen LogP contribution is 2.43. The number of rotatable bonds is 8. The van der Waals surface area contributed by atoms with E-state index in [1.165, 1.54) is 6.16 Å². The maximum absolute atomic E-state index is 9.92. The quantitative estimate of drug-likeness (QED) is 0.550. The van der Waals surface area contributed by atoms with Crippen LogP contribution in [0.3, 0.4) is 0 Å². The fourth-order valence-electron chi connectivity index (χ4n) is 2.80. The van der Waals surface area contributed by atoms with Gasteiger partial charge in [0.2, 0.25) is 0 Å². The average molecular weight is 290 g/mol. The van der Waals surface area contributed by atoms with E-state index >= 15 is 0 Å². The maximum Gasteiger partial charge on any atom is 0.162 e. The van der Waals surface area contributed by atoms with Gasteiger partial charge in [0.15, 0.2) is 5.79 Å². The van der Waals surface area contributed by atoms with Crippen LogP contribution in [0.5, 0.6) is 0 Å². The second-order valence-electron chi connectivity index (χ2n) is 5.99. The summed E-state index contributed by atoms with van der Waals surface area (Å²) < 4.78 is 11.6. The smallest absolute Gasteiger partial charge is 0.162 e. The molecule has 0 bridgehead atoms. The lowest BCUT2D eigenvalue weighted by Crippen LogP contribution is -2.38. The Hall–Kier alpha value is 0.310. The zero-order valence-corrected chi connectivity index (χ0v) is 14.1. The van der Waals surface area contributed by atoms with Crippen LogP contribution in [0.4, 0.5) is 0 Å². The van der Waals surface area contributed by atoms with Crippen LogP contribution in [-0.2, 0) is 9.47 Å². The second-order valence-corrected chi connectivity index (χ2v) is 7.57. The number of aliphatic hydroxyl groups is 1. The van der Waals surface area contributed by atoms with Crippen molar-refractivity contribution in [2.24, 2.45) is 5.92 Å². The predicted octanol–water partition coefficient (Wildman–Crippen LogP) is 3.39. The van der Waals surface area contributed by atoms with Crippen LogP contribution >= 0.6 is 8.58 Å². The predicted molar refractivity (Wildman–Crippen MR) is 82.2 cm³/mol. The van der Waals surface area contributed by atoms with Crippen molar-refractivity contribution in [2.45, 2.75) is 77.0 Å². The van der Waals surface area contributed by atoms with Crippen molar-refractivity contribution in [3.63, 3.8) is 0 Å². The van der Waals surface area contributed by atoms with E-state index in [1.807, 2.05) is 13.8 Å². The number of hydrogen-bond donors (Lipinski definition) is 1. The third-order valence-electron chi connectivity index (χ3n) is 4.21. The van der Waals surface area contributed by atoms with E-state index in [1.54, 1.807) is 7.11 Å². The Balaban J connectivity index is 2.62. The molecule has 1 aliphatic rings. The van der Waals surface area contributed by atoms with Gasteiger partial charge < -0.3 is 14.6 Å². The van der Waals surface area contributed by atoms with Gasteiger partial charge in [0.1, 0.15) is 0 Å². The van der Waals surface area contributed by atoms with Gasteiger partial charge in [0, 0.05) is 12.8 Å². The van der Waals surface area contributed by atoms with Gasteiger partial charge in [-0.05, 0) is 45.2 Å². The Bertz CT molecular complexity index is 258. The highest BCUT2D eigenvalue weighted by atomic mass is 31.1. The Morgan fingerprint density at radius 1 is 1.32 bits per heavy atom. The van der Waals surface area contributed by atoms with Crippen molar-refractivity contribution >= 4 is 8.58 Å². The summed E-state index contributed by atoms with van der Waals surface area (Å²) in [7, 11) is 2.66. The van der Waals surface area contributed by atoms with Crippen molar-refractivity contribution in [2.75, 3.05) is 13.3 Å². The number of hydrogen-bond acceptors (Lipinski definition) is 3. The lowest BCUT2D eigenvalue weighted by molar-refractivity contribution is -0.224. The summed E-state index contributed by atoms with van der Waals surface area (Å²) in [5.41, 5.74) is 0.598. The number of ether oxygens (including phenoxy) is 2. The molecule has 3 nitrogen and oxygen atoms in total. The molecule has 5 atom stereocenters. The van der Waals surface area contributed by atoms with E-state index in [0.717, 1.165) is 34.3 Å². The average Bonchev–Trinajstić information content (AvgIpc) is 2.82. The first kappa shape index (κ1) is 17.4. The van der Waals surface area contributed by atoms with Gasteiger partial charge in [-0.3, -0.25) is 0 Å². The molecule has 4 heteroatoms. The minimum atomic E-state index is -0.501. The summed E-state index contributed by atoms with van der Waals surface area (Å²) in [6, 6.07) is 0. The van der Waals surface area contributed by atoms with Gasteiger partial charge in [-0.25, -0.2) is 0 Å². The third-order valence-corrected chi connectivity index (χ3v) is 6.11. The van der Waals surface area contributed by atoms with Crippen LogP contribution in [0, 0.1) is 5.92 Å². The number of methoxy groups -OCH3 is 1. The molecular formula is C15H31O3P. The largest absolute Gasteiger partial charge is 0.393 e. The fourth-order valence-corrected chi connectivity index (χ4v) is 4.79. The summed E-state index contributed by atoms with van der Waals surface area (Å²) in [6.07, 6.45) is 5.41. The van der Waals surface area contributed by atoms with Gasteiger partial charge in [-0.15, -0.1) is 8.58 Å². The van der Waals surface area contributed by atoms with E-state index in [9.17, 15) is 5.11 Å². The Morgan fingerprint density at radius 3 is 2.53 bits per heavy atom. The first-order valence-electron chi connectivity index (χ1n) is 7.57. The van der Waals surface area contributed by atoms with Crippen LogP contribution in [0.15, 0.2) is 0 Å². The molecule has 1 N–H and O–H groups in total. The molecule has 1 heterocycles. The molecule has 0 aromatic heterocycles. The van der Waals surface area contributed by atoms with Crippen molar-refractivity contribution < 1.29 is 14.6 Å². The normalized spacial score (nSPS) is 28.7. The van der Waals surface area contributed by atoms with Crippen LogP contribution in [0.1, 0.15) is 53.4 Å². The fraction of sp³-hybridized carbons (Fsp3) is 1.00. The zero-order valence-electron chi connectivity index (χ0n) is 13.1. The van der Waals surface area contributed by atoms with Crippen LogP contribution in [-0.4, -0.2) is 42.0 Å². The minimum absolute atomic E-state index is 0.161. The SMILES string of the molecule is CCC(C[C@H](O)CC)C1PCCC1OC(C)(C)OC. The molecule has 1 fully saturated rings. The minimum Gasteiger partial charge on any atom is -0.393 e. The summed E-state index contributed by atoms with van der Waals surface area (Å²) in [4.78, 5) is 0. The zero-order chi connectivity index (χ0) is 14.5.